The lowest BCUT2D eigenvalue weighted by atomic mass is 9.94. The highest BCUT2D eigenvalue weighted by Crippen LogP contribution is 2.68. The molecule has 15 atom stereocenters. The number of nitrogens with two attached hydrogens (primary N) is 2. The molecule has 8 heterocycles. The summed E-state index contributed by atoms with van der Waals surface area (Å²) < 4.78 is 97.8. The summed E-state index contributed by atoms with van der Waals surface area (Å²) in [5, 5.41) is 32.7. The lowest BCUT2D eigenvalue weighted by Gasteiger charge is -2.24. The van der Waals surface area contributed by atoms with E-state index < -0.39 is 153 Å². The number of phosphoric acid groups is 3. The third kappa shape index (κ3) is 12.0. The zero-order valence-corrected chi connectivity index (χ0v) is 42.2. The first-order valence-electron chi connectivity index (χ1n) is 21.9. The number of aryl methyl sites for hydroxylation is 1. The Bertz CT molecular complexity index is 3240. The fourth-order valence-electron chi connectivity index (χ4n) is 8.52. The Hall–Kier alpha value is -5.30. The van der Waals surface area contributed by atoms with Gasteiger partial charge in [-0.05, 0) is 0 Å². The highest BCUT2D eigenvalue weighted by molar-refractivity contribution is 7.66. The average Bonchev–Trinajstić information content (AvgIpc) is 4.12. The van der Waals surface area contributed by atoms with Crippen molar-refractivity contribution in [1.82, 2.24) is 48.5 Å². The van der Waals surface area contributed by atoms with E-state index in [0.29, 0.717) is 0 Å². The zero-order valence-electron chi connectivity index (χ0n) is 39.5. The third-order valence-corrected chi connectivity index (χ3v) is 16.3. The molecule has 75 heavy (non-hydrogen) atoms. The van der Waals surface area contributed by atoms with E-state index >= 15 is 0 Å². The van der Waals surface area contributed by atoms with Crippen molar-refractivity contribution in [3.8, 4) is 0 Å². The lowest BCUT2D eigenvalue weighted by molar-refractivity contribution is -0.745. The Morgan fingerprint density at radius 2 is 1.53 bits per heavy atom. The van der Waals surface area contributed by atoms with Crippen molar-refractivity contribution in [1.29, 1.82) is 0 Å². The van der Waals surface area contributed by atoms with Crippen LogP contribution in [0.3, 0.4) is 0 Å². The summed E-state index contributed by atoms with van der Waals surface area (Å²) >= 11 is 0. The van der Waals surface area contributed by atoms with E-state index in [1.807, 2.05) is 4.98 Å². The number of aromatic amines is 2. The van der Waals surface area contributed by atoms with Gasteiger partial charge in [-0.1, -0.05) is 4.98 Å². The molecular weight excluding hydrogens is 1080 g/mol. The summed E-state index contributed by atoms with van der Waals surface area (Å²) in [6.07, 6.45) is -11.3. The molecule has 412 valence electrons. The first kappa shape index (κ1) is 55.9. The number of hydrogen-bond acceptors (Lipinski definition) is 26. The number of ether oxygens (including phenoxy) is 6. The molecule has 39 heteroatoms. The van der Waals surface area contributed by atoms with Gasteiger partial charge >= 0.3 is 34.8 Å². The van der Waals surface area contributed by atoms with Gasteiger partial charge in [0.25, 0.3) is 17.1 Å². The third-order valence-electron chi connectivity index (χ3n) is 12.0. The number of methoxy groups -OCH3 is 1. The topological polar surface area (TPSA) is 490 Å². The van der Waals surface area contributed by atoms with Gasteiger partial charge in [0.1, 0.15) is 61.4 Å². The Kier molecular flexibility index (Phi) is 16.4. The monoisotopic (exact) mass is 1130 g/mol. The summed E-state index contributed by atoms with van der Waals surface area (Å²) in [6.45, 7) is -3.19. The van der Waals surface area contributed by atoms with Gasteiger partial charge in [-0.15, -0.1) is 0 Å². The summed E-state index contributed by atoms with van der Waals surface area (Å²) in [4.78, 5) is 103. The molecule has 0 bridgehead atoms. The van der Waals surface area contributed by atoms with Crippen molar-refractivity contribution in [2.24, 2.45) is 13.0 Å². The smallest absolute Gasteiger partial charge is 0.387 e. The molecular formula is C36H51N13O23P3+. The van der Waals surface area contributed by atoms with E-state index in [-0.39, 0.29) is 34.1 Å². The number of aliphatic hydroxyl groups is 3. The first-order valence-corrected chi connectivity index (χ1v) is 26.4. The van der Waals surface area contributed by atoms with Crippen LogP contribution in [0, 0.1) is 5.92 Å². The molecule has 3 fully saturated rings. The molecule has 0 aliphatic carbocycles. The van der Waals surface area contributed by atoms with Gasteiger partial charge in [0.05, 0.1) is 39.3 Å². The van der Waals surface area contributed by atoms with Crippen LogP contribution in [0.25, 0.3) is 22.3 Å². The van der Waals surface area contributed by atoms with Gasteiger partial charge < -0.3 is 74.8 Å². The van der Waals surface area contributed by atoms with E-state index in [1.54, 1.807) is 0 Å². The summed E-state index contributed by atoms with van der Waals surface area (Å²) in [6, 6.07) is 1.00. The van der Waals surface area contributed by atoms with Crippen molar-refractivity contribution in [3.05, 3.63) is 62.4 Å². The van der Waals surface area contributed by atoms with Crippen LogP contribution >= 0.6 is 23.5 Å². The minimum Gasteiger partial charge on any atom is -0.387 e. The van der Waals surface area contributed by atoms with Crippen LogP contribution in [0.4, 0.5) is 11.8 Å². The minimum absolute atomic E-state index is 0.00690. The second kappa shape index (κ2) is 22.0. The van der Waals surface area contributed by atoms with Crippen LogP contribution in [0.5, 0.6) is 0 Å². The molecule has 5 aromatic rings. The normalized spacial score (nSPS) is 29.4. The average molecular weight is 1130 g/mol. The number of imidazole rings is 2. The summed E-state index contributed by atoms with van der Waals surface area (Å²) in [5.41, 5.74) is 9.68. The SMILES string of the molecule is CO[C@@H]1[C@H](OCOC[C@H]2O[C@@H](n3ccc(=O)[nH]c3=O)[C@H](O)[C@@H]2O)C(COP(=O)(O)OP(=O)(O)OP(=O)(O)OC[C@H]2OC([n+]3cn(C)c4c(=O)[nH]c(N)nc43)[C@H](O)[C@@H]2CC(=O)N(C)C)O[C@H]1n1cnc2c(N)ncnc21. The number of aromatic nitrogens is 10. The fourth-order valence-corrected chi connectivity index (χ4v) is 12.0. The number of fused-ring (bicyclic) bond motifs is 2. The number of nitrogens with one attached hydrogen (secondary N) is 2. The number of rotatable bonds is 21. The number of aliphatic hydroxyl groups excluding tert-OH is 3. The number of carbonyl (C=O) groups excluding carboxylic acids is 1. The standard InChI is InChI=1S/C36H50N13O23P3/c1-45(2)20(51)7-15-16(68-32(23(15)52)49-13-46(3)22-30(49)43-35(38)44-31(22)55)9-66-73(57,58)71-75(61,62)72-74(59,60)67-10-18-26(27(63-4)34(70-18)48-12-41-21-28(37)39-11-40-29(21)48)65-14-64-8-17-24(53)25(54)33(69-17)47-6-5-19(50)42-36(47)56/h5-6,11-13,15-18,23-27,32-34,52-54H,7-10,14H2,1-4H3,(H8-,37,38,39,40,42,43,44,50,55,56,57,58,59,60,61,62)/p+1/t15-,16-,17-,18?,23-,24-,25-,26-,27-,32?,33-,34-/m1/s1. The Morgan fingerprint density at radius 3 is 2.20 bits per heavy atom. The van der Waals surface area contributed by atoms with Crippen LogP contribution in [0.15, 0.2) is 45.6 Å². The fraction of sp³-hybridized carbons (Fsp3) is 0.583. The van der Waals surface area contributed by atoms with Crippen LogP contribution in [0.2, 0.25) is 0 Å². The second-order valence-corrected chi connectivity index (χ2v) is 21.8. The molecule has 0 saturated carbocycles. The maximum Gasteiger partial charge on any atom is 0.490 e. The Morgan fingerprint density at radius 1 is 0.853 bits per heavy atom. The lowest BCUT2D eigenvalue weighted by Crippen LogP contribution is -2.45. The number of nitrogen functional groups attached to an aromatic ring is 2. The van der Waals surface area contributed by atoms with Crippen molar-refractivity contribution in [3.63, 3.8) is 0 Å². The van der Waals surface area contributed by atoms with Crippen LogP contribution in [-0.2, 0) is 71.6 Å². The van der Waals surface area contributed by atoms with Crippen molar-refractivity contribution < 1.29 is 99.1 Å². The van der Waals surface area contributed by atoms with Gasteiger partial charge in [0, 0.05) is 45.8 Å². The van der Waals surface area contributed by atoms with Gasteiger partial charge in [-0.3, -0.25) is 47.1 Å². The molecule has 1 amide bonds. The van der Waals surface area contributed by atoms with Crippen LogP contribution < -0.4 is 32.8 Å². The molecule has 5 aromatic heterocycles. The molecule has 8 rings (SSSR count). The number of hydrogen-bond donors (Lipinski definition) is 10. The molecule has 3 aliphatic rings. The molecule has 36 nitrogen and oxygen atoms in total. The highest BCUT2D eigenvalue weighted by Gasteiger charge is 2.52. The van der Waals surface area contributed by atoms with Crippen molar-refractivity contribution in [2.75, 3.05) is 59.3 Å². The molecule has 5 unspecified atom stereocenters. The number of carbonyl (C=O) groups is 1. The maximum absolute atomic E-state index is 13.3. The molecule has 12 N–H and O–H groups in total. The molecule has 0 aromatic carbocycles. The summed E-state index contributed by atoms with van der Waals surface area (Å²) in [7, 11) is -12.2. The van der Waals surface area contributed by atoms with E-state index in [4.69, 9.17) is 48.9 Å². The minimum atomic E-state index is -6.13. The number of nitrogens with zero attached hydrogens (tertiary/aromatic N) is 9. The largest absolute Gasteiger partial charge is 0.490 e. The second-order valence-electron chi connectivity index (χ2n) is 17.2. The Labute approximate surface area is 419 Å². The molecule has 0 radical (unpaired) electrons. The van der Waals surface area contributed by atoms with E-state index in [1.165, 1.54) is 59.5 Å². The predicted molar refractivity (Wildman–Crippen MR) is 244 cm³/mol. The van der Waals surface area contributed by atoms with Gasteiger partial charge in [-0.2, -0.15) is 8.62 Å². The molecule has 0 spiro atoms. The van der Waals surface area contributed by atoms with Crippen LogP contribution in [0.1, 0.15) is 25.1 Å². The Balaban J connectivity index is 0.925. The molecule has 3 saturated heterocycles. The van der Waals surface area contributed by atoms with E-state index in [9.17, 15) is 62.9 Å². The molecule has 3 aliphatic heterocycles. The number of H-pyrrole nitrogens is 2. The highest BCUT2D eigenvalue weighted by atomic mass is 31.3. The predicted octanol–water partition coefficient (Wildman–Crippen LogP) is -4.29. The van der Waals surface area contributed by atoms with Gasteiger partial charge in [0.2, 0.25) is 17.7 Å². The van der Waals surface area contributed by atoms with E-state index in [2.05, 4.69) is 33.5 Å². The zero-order chi connectivity index (χ0) is 54.5. The number of phosphoric ester groups is 2. The van der Waals surface area contributed by atoms with Crippen molar-refractivity contribution >= 4 is 63.5 Å². The maximum atomic E-state index is 13.3. The summed E-state index contributed by atoms with van der Waals surface area (Å²) in [5.74, 6) is -2.03. The first-order chi connectivity index (χ1) is 35.3. The number of amides is 1. The van der Waals surface area contributed by atoms with Crippen LogP contribution in [-0.4, -0.2) is 181 Å². The quantitative estimate of drug-likeness (QED) is 0.0144. The van der Waals surface area contributed by atoms with Gasteiger partial charge in [0.15, 0.2) is 30.2 Å². The number of anilines is 2. The van der Waals surface area contributed by atoms with Crippen molar-refractivity contribution in [2.45, 2.75) is 73.9 Å². The van der Waals surface area contributed by atoms with Gasteiger partial charge in [-0.25, -0.2) is 38.0 Å². The van der Waals surface area contributed by atoms with E-state index in [0.717, 1.165) is 23.2 Å².